The number of rotatable bonds is 4. The van der Waals surface area contributed by atoms with Crippen LogP contribution in [0, 0.1) is 0 Å². The summed E-state index contributed by atoms with van der Waals surface area (Å²) in [6.07, 6.45) is 0. The molecule has 78 valence electrons. The van der Waals surface area contributed by atoms with Gasteiger partial charge in [-0.05, 0) is 20.8 Å². The Morgan fingerprint density at radius 3 is 2.23 bits per heavy atom. The Hall–Kier alpha value is -0.660. The molecule has 0 atom stereocenters. The number of hydrogen-bond donors (Lipinski definition) is 1. The van der Waals surface area contributed by atoms with Gasteiger partial charge in [-0.15, -0.1) is 0 Å². The largest absolute Gasteiger partial charge is 0.464 e. The van der Waals surface area contributed by atoms with Gasteiger partial charge in [0.15, 0.2) is 5.60 Å². The Labute approximate surface area is 76.8 Å². The van der Waals surface area contributed by atoms with Crippen LogP contribution in [0.3, 0.4) is 0 Å². The number of ether oxygens (including phenoxy) is 1. The summed E-state index contributed by atoms with van der Waals surface area (Å²) in [6, 6.07) is 0. The highest BCUT2D eigenvalue weighted by atomic mass is 32.3. The van der Waals surface area contributed by atoms with E-state index in [9.17, 15) is 13.2 Å². The van der Waals surface area contributed by atoms with Crippen LogP contribution in [-0.4, -0.2) is 31.1 Å². The molecule has 0 aromatic carbocycles. The van der Waals surface area contributed by atoms with Crippen molar-refractivity contribution in [2.45, 2.75) is 26.4 Å². The smallest absolute Gasteiger partial charge is 0.398 e. The highest BCUT2D eigenvalue weighted by molar-refractivity contribution is 7.81. The maximum Gasteiger partial charge on any atom is 0.398 e. The summed E-state index contributed by atoms with van der Waals surface area (Å²) in [4.78, 5) is 11.0. The zero-order chi connectivity index (χ0) is 10.7. The fourth-order valence-corrected chi connectivity index (χ4v) is 1.20. The van der Waals surface area contributed by atoms with Crippen molar-refractivity contribution in [1.29, 1.82) is 0 Å². The molecule has 0 saturated heterocycles. The molecule has 0 heterocycles. The maximum atomic E-state index is 11.0. The van der Waals surface area contributed by atoms with E-state index in [2.05, 4.69) is 8.92 Å². The van der Waals surface area contributed by atoms with E-state index in [0.717, 1.165) is 0 Å². The van der Waals surface area contributed by atoms with Crippen LogP contribution in [0.25, 0.3) is 0 Å². The van der Waals surface area contributed by atoms with Crippen molar-refractivity contribution in [2.75, 3.05) is 6.61 Å². The van der Waals surface area contributed by atoms with Crippen LogP contribution in [0.5, 0.6) is 0 Å². The average molecular weight is 212 g/mol. The molecule has 0 unspecified atom stereocenters. The van der Waals surface area contributed by atoms with Gasteiger partial charge in [0.05, 0.1) is 6.61 Å². The van der Waals surface area contributed by atoms with E-state index in [-0.39, 0.29) is 6.61 Å². The van der Waals surface area contributed by atoms with Gasteiger partial charge in [-0.25, -0.2) is 8.98 Å². The molecule has 0 rings (SSSR count). The lowest BCUT2D eigenvalue weighted by atomic mass is 10.1. The van der Waals surface area contributed by atoms with Gasteiger partial charge in [-0.2, -0.15) is 8.42 Å². The summed E-state index contributed by atoms with van der Waals surface area (Å²) in [5, 5.41) is 0. The highest BCUT2D eigenvalue weighted by Gasteiger charge is 2.35. The monoisotopic (exact) mass is 212 g/mol. The zero-order valence-corrected chi connectivity index (χ0v) is 8.42. The number of esters is 1. The molecule has 0 amide bonds. The maximum absolute atomic E-state index is 11.0. The second kappa shape index (κ2) is 4.03. The highest BCUT2D eigenvalue weighted by Crippen LogP contribution is 2.14. The van der Waals surface area contributed by atoms with Crippen molar-refractivity contribution in [1.82, 2.24) is 0 Å². The summed E-state index contributed by atoms with van der Waals surface area (Å²) in [7, 11) is -4.65. The van der Waals surface area contributed by atoms with E-state index in [4.69, 9.17) is 4.55 Å². The Bertz CT molecular complexity index is 277. The third-order valence-electron chi connectivity index (χ3n) is 1.08. The molecule has 1 N–H and O–H groups in total. The molecule has 6 nitrogen and oxygen atoms in total. The SMILES string of the molecule is CCOC(=O)C(C)(C)OS(=O)(=O)O. The number of hydrogen-bond acceptors (Lipinski definition) is 5. The Morgan fingerprint density at radius 2 is 1.92 bits per heavy atom. The summed E-state index contributed by atoms with van der Waals surface area (Å²) >= 11 is 0. The van der Waals surface area contributed by atoms with E-state index < -0.39 is 22.0 Å². The molecule has 0 saturated carbocycles. The van der Waals surface area contributed by atoms with Crippen LogP contribution in [-0.2, 0) is 24.1 Å². The van der Waals surface area contributed by atoms with Crippen LogP contribution in [0.4, 0.5) is 0 Å². The molecule has 0 aromatic rings. The van der Waals surface area contributed by atoms with E-state index in [1.165, 1.54) is 13.8 Å². The third-order valence-corrected chi connectivity index (χ3v) is 1.71. The predicted octanol–water partition coefficient (Wildman–Crippen LogP) is 0.148. The molecular weight excluding hydrogens is 200 g/mol. The summed E-state index contributed by atoms with van der Waals surface area (Å²) < 4.78 is 37.5. The first-order chi connectivity index (χ1) is 5.69. The van der Waals surface area contributed by atoms with Crippen LogP contribution in [0.15, 0.2) is 0 Å². The minimum absolute atomic E-state index is 0.108. The molecule has 0 bridgehead atoms. The van der Waals surface area contributed by atoms with Gasteiger partial charge in [-0.3, -0.25) is 4.55 Å². The molecule has 0 spiro atoms. The normalized spacial score (nSPS) is 12.6. The molecule has 13 heavy (non-hydrogen) atoms. The predicted molar refractivity (Wildman–Crippen MR) is 43.3 cm³/mol. The summed E-state index contributed by atoms with van der Waals surface area (Å²) in [5.74, 6) is -0.854. The molecule has 0 aliphatic heterocycles. The minimum atomic E-state index is -4.65. The quantitative estimate of drug-likeness (QED) is 0.527. The van der Waals surface area contributed by atoms with E-state index in [0.29, 0.717) is 0 Å². The van der Waals surface area contributed by atoms with Gasteiger partial charge < -0.3 is 4.74 Å². The van der Waals surface area contributed by atoms with Crippen LogP contribution >= 0.6 is 0 Å². The van der Waals surface area contributed by atoms with Gasteiger partial charge in [0.2, 0.25) is 0 Å². The first-order valence-corrected chi connectivity index (χ1v) is 4.91. The van der Waals surface area contributed by atoms with Gasteiger partial charge in [0, 0.05) is 0 Å². The van der Waals surface area contributed by atoms with E-state index in [1.807, 2.05) is 0 Å². The van der Waals surface area contributed by atoms with Crippen molar-refractivity contribution in [3.63, 3.8) is 0 Å². The summed E-state index contributed by atoms with van der Waals surface area (Å²) in [6.45, 7) is 4.04. The van der Waals surface area contributed by atoms with Crippen molar-refractivity contribution in [3.8, 4) is 0 Å². The topological polar surface area (TPSA) is 89.9 Å². The average Bonchev–Trinajstić information content (AvgIpc) is 1.82. The summed E-state index contributed by atoms with van der Waals surface area (Å²) in [5.41, 5.74) is -1.70. The standard InChI is InChI=1S/C6H12O6S/c1-4-11-5(7)6(2,3)12-13(8,9)10/h4H2,1-3H3,(H,8,9,10). The Kier molecular flexibility index (Phi) is 3.83. The molecule has 0 radical (unpaired) electrons. The Balaban J connectivity index is 4.49. The Morgan fingerprint density at radius 1 is 1.46 bits per heavy atom. The fraction of sp³-hybridized carbons (Fsp3) is 0.833. The van der Waals surface area contributed by atoms with Gasteiger partial charge in [-0.1, -0.05) is 0 Å². The van der Waals surface area contributed by atoms with Crippen LogP contribution < -0.4 is 0 Å². The molecule has 0 aliphatic rings. The zero-order valence-electron chi connectivity index (χ0n) is 7.60. The first kappa shape index (κ1) is 12.3. The molecule has 7 heteroatoms. The lowest BCUT2D eigenvalue weighted by molar-refractivity contribution is -0.158. The van der Waals surface area contributed by atoms with Crippen LogP contribution in [0.1, 0.15) is 20.8 Å². The molecule has 0 fully saturated rings. The second-order valence-corrected chi connectivity index (χ2v) is 3.76. The van der Waals surface area contributed by atoms with Crippen molar-refractivity contribution in [2.24, 2.45) is 0 Å². The molecule has 0 aromatic heterocycles. The third kappa shape index (κ3) is 4.81. The lowest BCUT2D eigenvalue weighted by Crippen LogP contribution is -2.38. The van der Waals surface area contributed by atoms with Crippen molar-refractivity contribution in [3.05, 3.63) is 0 Å². The van der Waals surface area contributed by atoms with Gasteiger partial charge in [0.1, 0.15) is 0 Å². The van der Waals surface area contributed by atoms with E-state index in [1.54, 1.807) is 6.92 Å². The van der Waals surface area contributed by atoms with Crippen LogP contribution in [0.2, 0.25) is 0 Å². The van der Waals surface area contributed by atoms with Crippen molar-refractivity contribution >= 4 is 16.4 Å². The number of carbonyl (C=O) groups is 1. The lowest BCUT2D eigenvalue weighted by Gasteiger charge is -2.19. The number of carbonyl (C=O) groups excluding carboxylic acids is 1. The first-order valence-electron chi connectivity index (χ1n) is 3.54. The fourth-order valence-electron chi connectivity index (χ4n) is 0.602. The van der Waals surface area contributed by atoms with E-state index >= 15 is 0 Å². The minimum Gasteiger partial charge on any atom is -0.464 e. The molecular formula is C6H12O6S. The van der Waals surface area contributed by atoms with Crippen molar-refractivity contribution < 1.29 is 26.7 Å². The van der Waals surface area contributed by atoms with Gasteiger partial charge >= 0.3 is 16.4 Å². The molecule has 0 aliphatic carbocycles. The second-order valence-electron chi connectivity index (χ2n) is 2.74. The van der Waals surface area contributed by atoms with Gasteiger partial charge in [0.25, 0.3) is 0 Å².